The van der Waals surface area contributed by atoms with Crippen molar-refractivity contribution in [2.45, 2.75) is 6.18 Å². The summed E-state index contributed by atoms with van der Waals surface area (Å²) in [5.41, 5.74) is 0.672. The highest BCUT2D eigenvalue weighted by molar-refractivity contribution is 9.10. The fourth-order valence-corrected chi connectivity index (χ4v) is 1.56. The normalized spacial score (nSPS) is 10.7. The Morgan fingerprint density at radius 2 is 2.11 bits per heavy atom. The van der Waals surface area contributed by atoms with Crippen molar-refractivity contribution < 1.29 is 18.0 Å². The Morgan fingerprint density at radius 3 is 2.68 bits per heavy atom. The molecule has 2 N–H and O–H groups in total. The molecule has 0 spiro atoms. The minimum atomic E-state index is -4.44. The van der Waals surface area contributed by atoms with E-state index >= 15 is 0 Å². The van der Waals surface area contributed by atoms with E-state index < -0.39 is 18.6 Å². The van der Waals surface area contributed by atoms with Gasteiger partial charge in [-0.1, -0.05) is 15.9 Å². The van der Waals surface area contributed by atoms with Crippen molar-refractivity contribution in [3.05, 3.63) is 28.2 Å². The summed E-state index contributed by atoms with van der Waals surface area (Å²) < 4.78 is 36.3. The molecule has 1 rings (SSSR count). The summed E-state index contributed by atoms with van der Waals surface area (Å²) in [6.07, 6.45) is -4.44. The van der Waals surface area contributed by atoms with E-state index in [4.69, 9.17) is 5.26 Å². The molecule has 0 bridgehead atoms. The van der Waals surface area contributed by atoms with Crippen LogP contribution >= 0.6 is 15.9 Å². The molecule has 19 heavy (non-hydrogen) atoms. The fraction of sp³-hybridized carbons (Fsp3) is 0.273. The molecule has 0 atom stereocenters. The zero-order valence-electron chi connectivity index (χ0n) is 9.51. The van der Waals surface area contributed by atoms with Crippen LogP contribution in [0.2, 0.25) is 0 Å². The van der Waals surface area contributed by atoms with Gasteiger partial charge in [-0.3, -0.25) is 4.79 Å². The second kappa shape index (κ2) is 6.43. The van der Waals surface area contributed by atoms with Crippen molar-refractivity contribution in [2.75, 3.05) is 18.4 Å². The first-order valence-corrected chi connectivity index (χ1v) is 5.88. The number of amides is 1. The molecule has 0 unspecified atom stereocenters. The second-order valence-electron chi connectivity index (χ2n) is 3.55. The molecule has 0 aliphatic heterocycles. The van der Waals surface area contributed by atoms with Gasteiger partial charge in [-0.2, -0.15) is 18.4 Å². The molecule has 0 aromatic heterocycles. The van der Waals surface area contributed by atoms with Gasteiger partial charge >= 0.3 is 6.18 Å². The van der Waals surface area contributed by atoms with E-state index in [-0.39, 0.29) is 12.1 Å². The van der Waals surface area contributed by atoms with Gasteiger partial charge in [-0.25, -0.2) is 0 Å². The molecule has 0 radical (unpaired) electrons. The summed E-state index contributed by atoms with van der Waals surface area (Å²) in [7, 11) is 0. The summed E-state index contributed by atoms with van der Waals surface area (Å²) in [5, 5.41) is 13.2. The lowest BCUT2D eigenvalue weighted by Gasteiger charge is -2.10. The highest BCUT2D eigenvalue weighted by Gasteiger charge is 2.27. The number of anilines is 1. The molecule has 0 saturated heterocycles. The standard InChI is InChI=1S/C11H9BrF3N3O/c12-8-1-2-9(7(3-8)4-16)17-5-10(19)18-6-11(13,14)15/h1-3,17H,5-6H2,(H,18,19). The Labute approximate surface area is 115 Å². The van der Waals surface area contributed by atoms with E-state index in [1.165, 1.54) is 6.07 Å². The van der Waals surface area contributed by atoms with Crippen LogP contribution in [-0.2, 0) is 4.79 Å². The third-order valence-electron chi connectivity index (χ3n) is 2.03. The quantitative estimate of drug-likeness (QED) is 0.888. The first-order valence-electron chi connectivity index (χ1n) is 5.09. The monoisotopic (exact) mass is 335 g/mol. The van der Waals surface area contributed by atoms with E-state index in [0.717, 1.165) is 0 Å². The van der Waals surface area contributed by atoms with Crippen LogP contribution in [0.1, 0.15) is 5.56 Å². The predicted molar refractivity (Wildman–Crippen MR) is 66.4 cm³/mol. The van der Waals surface area contributed by atoms with Gasteiger partial charge < -0.3 is 10.6 Å². The molecular weight excluding hydrogens is 327 g/mol. The van der Waals surface area contributed by atoms with E-state index in [1.54, 1.807) is 17.4 Å². The van der Waals surface area contributed by atoms with Crippen LogP contribution in [0.5, 0.6) is 0 Å². The van der Waals surface area contributed by atoms with Crippen molar-refractivity contribution in [1.82, 2.24) is 5.32 Å². The van der Waals surface area contributed by atoms with Gasteiger partial charge in [0.15, 0.2) is 0 Å². The van der Waals surface area contributed by atoms with Crippen LogP contribution in [0, 0.1) is 11.3 Å². The highest BCUT2D eigenvalue weighted by Crippen LogP contribution is 2.20. The number of carbonyl (C=O) groups excluding carboxylic acids is 1. The lowest BCUT2D eigenvalue weighted by atomic mass is 10.2. The van der Waals surface area contributed by atoms with Gasteiger partial charge in [0.2, 0.25) is 5.91 Å². The van der Waals surface area contributed by atoms with E-state index in [2.05, 4.69) is 21.2 Å². The molecule has 0 heterocycles. The maximum Gasteiger partial charge on any atom is 0.405 e. The van der Waals surface area contributed by atoms with Gasteiger partial charge in [0.1, 0.15) is 12.6 Å². The molecule has 102 valence electrons. The third kappa shape index (κ3) is 5.61. The Hall–Kier alpha value is -1.75. The molecule has 0 saturated carbocycles. The number of nitriles is 1. The Balaban J connectivity index is 2.54. The molecule has 1 aromatic rings. The molecule has 0 fully saturated rings. The summed E-state index contributed by atoms with van der Waals surface area (Å²) in [5.74, 6) is -0.802. The number of nitrogens with one attached hydrogen (secondary N) is 2. The number of hydrogen-bond donors (Lipinski definition) is 2. The van der Waals surface area contributed by atoms with Crippen LogP contribution in [0.4, 0.5) is 18.9 Å². The SMILES string of the molecule is N#Cc1cc(Br)ccc1NCC(=O)NCC(F)(F)F. The Morgan fingerprint density at radius 1 is 1.42 bits per heavy atom. The van der Waals surface area contributed by atoms with Crippen LogP contribution in [0.15, 0.2) is 22.7 Å². The fourth-order valence-electron chi connectivity index (χ4n) is 1.20. The van der Waals surface area contributed by atoms with E-state index in [1.807, 2.05) is 6.07 Å². The molecule has 0 aliphatic carbocycles. The summed E-state index contributed by atoms with van der Waals surface area (Å²) in [4.78, 5) is 11.2. The lowest BCUT2D eigenvalue weighted by Crippen LogP contribution is -2.37. The summed E-state index contributed by atoms with van der Waals surface area (Å²) in [6.45, 7) is -1.72. The zero-order valence-corrected chi connectivity index (χ0v) is 11.1. The average molecular weight is 336 g/mol. The van der Waals surface area contributed by atoms with Crippen LogP contribution in [-0.4, -0.2) is 25.2 Å². The molecule has 4 nitrogen and oxygen atoms in total. The molecular formula is C11H9BrF3N3O. The number of carbonyl (C=O) groups is 1. The van der Waals surface area contributed by atoms with Gasteiger partial charge in [-0.05, 0) is 18.2 Å². The number of hydrogen-bond acceptors (Lipinski definition) is 3. The van der Waals surface area contributed by atoms with Gasteiger partial charge in [0.05, 0.1) is 17.8 Å². The van der Waals surface area contributed by atoms with Crippen molar-refractivity contribution in [2.24, 2.45) is 0 Å². The van der Waals surface area contributed by atoms with Gasteiger partial charge in [-0.15, -0.1) is 0 Å². The predicted octanol–water partition coefficient (Wildman–Crippen LogP) is 2.41. The highest BCUT2D eigenvalue weighted by atomic mass is 79.9. The molecule has 8 heteroatoms. The summed E-state index contributed by atoms with van der Waals surface area (Å²) in [6, 6.07) is 6.65. The molecule has 0 aliphatic rings. The minimum Gasteiger partial charge on any atom is -0.375 e. The third-order valence-corrected chi connectivity index (χ3v) is 2.52. The lowest BCUT2D eigenvalue weighted by molar-refractivity contribution is -0.137. The van der Waals surface area contributed by atoms with Crippen molar-refractivity contribution >= 4 is 27.5 Å². The minimum absolute atomic E-state index is 0.290. The number of alkyl halides is 3. The number of halogens is 4. The maximum absolute atomic E-state index is 11.9. The van der Waals surface area contributed by atoms with Gasteiger partial charge in [0.25, 0.3) is 0 Å². The topological polar surface area (TPSA) is 64.9 Å². The van der Waals surface area contributed by atoms with Gasteiger partial charge in [0, 0.05) is 4.47 Å². The zero-order chi connectivity index (χ0) is 14.5. The summed E-state index contributed by atoms with van der Waals surface area (Å²) >= 11 is 3.18. The van der Waals surface area contributed by atoms with Crippen molar-refractivity contribution in [3.8, 4) is 6.07 Å². The second-order valence-corrected chi connectivity index (χ2v) is 4.46. The Bertz CT molecular complexity index is 511. The average Bonchev–Trinajstić information content (AvgIpc) is 2.33. The first-order chi connectivity index (χ1) is 8.81. The van der Waals surface area contributed by atoms with Crippen LogP contribution in [0.3, 0.4) is 0 Å². The van der Waals surface area contributed by atoms with E-state index in [0.29, 0.717) is 10.2 Å². The first kappa shape index (κ1) is 15.3. The number of rotatable bonds is 4. The Kier molecular flexibility index (Phi) is 5.18. The largest absolute Gasteiger partial charge is 0.405 e. The van der Waals surface area contributed by atoms with E-state index in [9.17, 15) is 18.0 Å². The number of benzene rings is 1. The van der Waals surface area contributed by atoms with Crippen LogP contribution in [0.25, 0.3) is 0 Å². The molecule has 1 amide bonds. The number of nitrogens with zero attached hydrogens (tertiary/aromatic N) is 1. The maximum atomic E-state index is 11.9. The smallest absolute Gasteiger partial charge is 0.375 e. The van der Waals surface area contributed by atoms with Crippen LogP contribution < -0.4 is 10.6 Å². The molecule has 1 aromatic carbocycles. The van der Waals surface area contributed by atoms with Crippen molar-refractivity contribution in [3.63, 3.8) is 0 Å². The van der Waals surface area contributed by atoms with Crippen molar-refractivity contribution in [1.29, 1.82) is 5.26 Å².